The lowest BCUT2D eigenvalue weighted by molar-refractivity contribution is 0.282. The molecule has 0 unspecified atom stereocenters. The summed E-state index contributed by atoms with van der Waals surface area (Å²) in [7, 11) is 1.68. The zero-order valence-electron chi connectivity index (χ0n) is 26.4. The van der Waals surface area contributed by atoms with Gasteiger partial charge in [-0.3, -0.25) is 0 Å². The fourth-order valence-corrected chi connectivity index (χ4v) is 5.30. The highest BCUT2D eigenvalue weighted by atomic mass is 16.5. The van der Waals surface area contributed by atoms with E-state index in [1.165, 1.54) is 0 Å². The molecule has 0 aliphatic carbocycles. The summed E-state index contributed by atoms with van der Waals surface area (Å²) < 4.78 is 5.29. The van der Waals surface area contributed by atoms with Crippen molar-refractivity contribution in [3.63, 3.8) is 0 Å². The Labute approximate surface area is 277 Å². The molecule has 3 heteroatoms. The molecule has 0 aliphatic rings. The van der Waals surface area contributed by atoms with Gasteiger partial charge >= 0.3 is 0 Å². The number of rotatable bonds is 11. The molecule has 0 radical (unpaired) electrons. The Kier molecular flexibility index (Phi) is 10.2. The topological polar surface area (TPSA) is 32.7 Å². The highest BCUT2D eigenvalue weighted by Gasteiger charge is 2.12. The van der Waals surface area contributed by atoms with Crippen LogP contribution in [-0.2, 0) is 6.61 Å². The third kappa shape index (κ3) is 8.23. The molecule has 47 heavy (non-hydrogen) atoms. The largest absolute Gasteiger partial charge is 0.497 e. The Hall–Kier alpha value is -5.90. The van der Waals surface area contributed by atoms with Crippen LogP contribution in [-0.4, -0.2) is 12.2 Å². The molecule has 0 saturated heterocycles. The van der Waals surface area contributed by atoms with Gasteiger partial charge in [-0.1, -0.05) is 146 Å². The minimum Gasteiger partial charge on any atom is -0.497 e. The van der Waals surface area contributed by atoms with Gasteiger partial charge in [0.1, 0.15) is 5.75 Å². The van der Waals surface area contributed by atoms with Crippen molar-refractivity contribution in [3.05, 3.63) is 203 Å². The van der Waals surface area contributed by atoms with Gasteiger partial charge in [0.15, 0.2) is 0 Å². The lowest BCUT2D eigenvalue weighted by Crippen LogP contribution is -2.10. The van der Waals surface area contributed by atoms with Gasteiger partial charge in [0.25, 0.3) is 0 Å². The number of methoxy groups -OCH3 is 1. The Bertz CT molecular complexity index is 1800. The van der Waals surface area contributed by atoms with Crippen LogP contribution in [0.25, 0.3) is 29.9 Å². The number of anilines is 2. The number of benzene rings is 6. The van der Waals surface area contributed by atoms with Gasteiger partial charge in [-0.05, 0) is 75.3 Å². The molecule has 0 aromatic heterocycles. The molecule has 3 nitrogen and oxygen atoms in total. The maximum absolute atomic E-state index is 9.34. The fourth-order valence-electron chi connectivity index (χ4n) is 5.30. The summed E-state index contributed by atoms with van der Waals surface area (Å²) in [6.07, 6.45) is 10.7. The number of nitrogens with zero attached hydrogens (tertiary/aromatic N) is 1. The molecule has 0 heterocycles. The van der Waals surface area contributed by atoms with Crippen LogP contribution in [0.2, 0.25) is 0 Å². The summed E-state index contributed by atoms with van der Waals surface area (Å²) >= 11 is 0. The summed E-state index contributed by atoms with van der Waals surface area (Å²) in [5.74, 6) is 0.850. The van der Waals surface area contributed by atoms with Crippen molar-refractivity contribution in [2.45, 2.75) is 6.61 Å². The molecular formula is C44H37NO2. The predicted molar refractivity (Wildman–Crippen MR) is 198 cm³/mol. The lowest BCUT2D eigenvalue weighted by Gasteiger charge is -2.24. The first kappa shape index (κ1) is 31.1. The third-order valence-corrected chi connectivity index (χ3v) is 7.98. The molecule has 6 rings (SSSR count). The van der Waals surface area contributed by atoms with Crippen LogP contribution in [0.3, 0.4) is 0 Å². The van der Waals surface area contributed by atoms with Crippen LogP contribution in [0, 0.1) is 0 Å². The molecule has 0 fully saturated rings. The Balaban J connectivity index is 1.34. The maximum Gasteiger partial charge on any atom is 0.118 e. The summed E-state index contributed by atoms with van der Waals surface area (Å²) in [6.45, 7) is 0.0514. The van der Waals surface area contributed by atoms with E-state index in [9.17, 15) is 5.11 Å². The van der Waals surface area contributed by atoms with Gasteiger partial charge in [-0.15, -0.1) is 0 Å². The number of hydrogen-bond acceptors (Lipinski definition) is 3. The van der Waals surface area contributed by atoms with Crippen molar-refractivity contribution in [1.82, 2.24) is 0 Å². The summed E-state index contributed by atoms with van der Waals surface area (Å²) in [4.78, 5) is 2.26. The van der Waals surface area contributed by atoms with Gasteiger partial charge in [0.2, 0.25) is 0 Å². The van der Waals surface area contributed by atoms with Crippen LogP contribution >= 0.6 is 0 Å². The number of ether oxygens (including phenoxy) is 1. The molecule has 0 aliphatic heterocycles. The van der Waals surface area contributed by atoms with E-state index in [1.807, 2.05) is 36.4 Å². The summed E-state index contributed by atoms with van der Waals surface area (Å²) in [5, 5.41) is 9.34. The molecule has 6 aromatic rings. The van der Waals surface area contributed by atoms with Crippen molar-refractivity contribution in [2.24, 2.45) is 0 Å². The second-order valence-electron chi connectivity index (χ2n) is 11.2. The number of hydrogen-bond donors (Lipinski definition) is 1. The standard InChI is InChI=1S/C44H37NO2/c1-47-43-30-24-37(25-31-43)15-14-36-22-28-42(29-23-36)45(32-44(39-8-4-2-5-9-39)40-10-6-3-7-11-40)41-26-20-35(21-27-41)13-12-34-16-18-38(33-46)19-17-34/h2-32,46H,33H2,1H3/b13-12+,15-14+. The van der Waals surface area contributed by atoms with Gasteiger partial charge in [0, 0.05) is 23.1 Å². The van der Waals surface area contributed by atoms with Crippen LogP contribution in [0.15, 0.2) is 164 Å². The maximum atomic E-state index is 9.34. The molecule has 0 atom stereocenters. The average molecular weight is 612 g/mol. The van der Waals surface area contributed by atoms with E-state index in [0.717, 1.165) is 61.6 Å². The van der Waals surface area contributed by atoms with Crippen molar-refractivity contribution in [2.75, 3.05) is 12.0 Å². The fraction of sp³-hybridized carbons (Fsp3) is 0.0455. The quantitative estimate of drug-likeness (QED) is 0.148. The van der Waals surface area contributed by atoms with Gasteiger partial charge in [0.05, 0.1) is 13.7 Å². The van der Waals surface area contributed by atoms with Gasteiger partial charge in [-0.2, -0.15) is 0 Å². The molecule has 230 valence electrons. The Morgan fingerprint density at radius 2 is 0.894 bits per heavy atom. The Morgan fingerprint density at radius 1 is 0.511 bits per heavy atom. The molecular weight excluding hydrogens is 574 g/mol. The van der Waals surface area contributed by atoms with Crippen molar-refractivity contribution in [1.29, 1.82) is 0 Å². The minimum atomic E-state index is 0.0514. The van der Waals surface area contributed by atoms with Crippen LogP contribution in [0.1, 0.15) is 38.9 Å². The molecule has 6 aromatic carbocycles. The highest BCUT2D eigenvalue weighted by Crippen LogP contribution is 2.32. The van der Waals surface area contributed by atoms with Crippen LogP contribution < -0.4 is 9.64 Å². The zero-order valence-corrected chi connectivity index (χ0v) is 26.4. The van der Waals surface area contributed by atoms with E-state index in [1.54, 1.807) is 7.11 Å². The smallest absolute Gasteiger partial charge is 0.118 e. The van der Waals surface area contributed by atoms with E-state index < -0.39 is 0 Å². The molecule has 1 N–H and O–H groups in total. The van der Waals surface area contributed by atoms with E-state index in [-0.39, 0.29) is 6.61 Å². The second-order valence-corrected chi connectivity index (χ2v) is 11.2. The SMILES string of the molecule is COc1ccc(/C=C/c2ccc(N(C=C(c3ccccc3)c3ccccc3)c3ccc(/C=C/c4ccc(CO)cc4)cc3)cc2)cc1. The minimum absolute atomic E-state index is 0.0514. The first-order valence-electron chi connectivity index (χ1n) is 15.7. The molecule has 0 bridgehead atoms. The number of aliphatic hydroxyl groups excluding tert-OH is 1. The molecule has 0 amide bonds. The normalized spacial score (nSPS) is 11.1. The van der Waals surface area contributed by atoms with Crippen LogP contribution in [0.5, 0.6) is 5.75 Å². The lowest BCUT2D eigenvalue weighted by atomic mass is 9.98. The van der Waals surface area contributed by atoms with E-state index in [0.29, 0.717) is 0 Å². The monoisotopic (exact) mass is 611 g/mol. The average Bonchev–Trinajstić information content (AvgIpc) is 3.15. The third-order valence-electron chi connectivity index (χ3n) is 7.98. The second kappa shape index (κ2) is 15.4. The van der Waals surface area contributed by atoms with Crippen LogP contribution in [0.4, 0.5) is 11.4 Å². The van der Waals surface area contributed by atoms with Crippen molar-refractivity contribution >= 4 is 41.3 Å². The van der Waals surface area contributed by atoms with Crippen molar-refractivity contribution in [3.8, 4) is 5.75 Å². The first-order chi connectivity index (χ1) is 23.2. The number of aliphatic hydroxyl groups is 1. The van der Waals surface area contributed by atoms with E-state index in [4.69, 9.17) is 4.74 Å². The van der Waals surface area contributed by atoms with E-state index in [2.05, 4.69) is 157 Å². The Morgan fingerprint density at radius 3 is 1.28 bits per heavy atom. The van der Waals surface area contributed by atoms with Gasteiger partial charge < -0.3 is 14.7 Å². The van der Waals surface area contributed by atoms with Gasteiger partial charge in [-0.25, -0.2) is 0 Å². The van der Waals surface area contributed by atoms with Crippen molar-refractivity contribution < 1.29 is 9.84 Å². The predicted octanol–water partition coefficient (Wildman–Crippen LogP) is 10.8. The zero-order chi connectivity index (χ0) is 32.3. The summed E-state index contributed by atoms with van der Waals surface area (Å²) in [5.41, 5.74) is 10.9. The summed E-state index contributed by atoms with van der Waals surface area (Å²) in [6, 6.07) is 54.3. The van der Waals surface area contributed by atoms with E-state index >= 15 is 0 Å². The first-order valence-corrected chi connectivity index (χ1v) is 15.7. The molecule has 0 spiro atoms. The highest BCUT2D eigenvalue weighted by molar-refractivity contribution is 5.84. The molecule has 0 saturated carbocycles.